The standard InChI is InChI=1S/C27H22N6O/c1-2-25(34)33-22-8-5-6-18(12-22)20-13-23-24(16-31-27(23)30-15-20)26-19(14-28-17-32-26)9-10-21-7-3-4-11-29-21/h2-8,11-17H,1,9-10H2,(H,30,31)(H,33,34). The first-order valence-electron chi connectivity index (χ1n) is 10.9. The predicted octanol–water partition coefficient (Wildman–Crippen LogP) is 4.99. The molecule has 0 fully saturated rings. The molecule has 0 unspecified atom stereocenters. The normalized spacial score (nSPS) is 10.8. The Kier molecular flexibility index (Phi) is 5.90. The van der Waals surface area contributed by atoms with E-state index in [0.29, 0.717) is 5.69 Å². The topological polar surface area (TPSA) is 96.5 Å². The molecule has 1 aromatic carbocycles. The lowest BCUT2D eigenvalue weighted by Gasteiger charge is -2.09. The molecule has 5 aromatic rings. The fraction of sp³-hybridized carbons (Fsp3) is 0.0741. The van der Waals surface area contributed by atoms with Crippen LogP contribution in [0.2, 0.25) is 0 Å². The van der Waals surface area contributed by atoms with Crippen LogP contribution in [0.1, 0.15) is 11.3 Å². The number of benzene rings is 1. The van der Waals surface area contributed by atoms with Crippen molar-refractivity contribution in [1.29, 1.82) is 0 Å². The van der Waals surface area contributed by atoms with E-state index in [2.05, 4.69) is 42.9 Å². The molecule has 34 heavy (non-hydrogen) atoms. The van der Waals surface area contributed by atoms with Gasteiger partial charge >= 0.3 is 0 Å². The van der Waals surface area contributed by atoms with Gasteiger partial charge in [0.05, 0.1) is 5.69 Å². The van der Waals surface area contributed by atoms with Crippen molar-refractivity contribution in [3.8, 4) is 22.4 Å². The van der Waals surface area contributed by atoms with E-state index in [-0.39, 0.29) is 5.91 Å². The van der Waals surface area contributed by atoms with E-state index in [9.17, 15) is 4.79 Å². The molecular formula is C27H22N6O. The van der Waals surface area contributed by atoms with Gasteiger partial charge in [-0.3, -0.25) is 9.78 Å². The number of hydrogen-bond acceptors (Lipinski definition) is 5. The SMILES string of the molecule is C=CC(=O)Nc1cccc(-c2cnc3[nH]cc(-c4ncncc4CCc4ccccn4)c3c2)c1. The van der Waals surface area contributed by atoms with Gasteiger partial charge in [0.15, 0.2) is 0 Å². The van der Waals surface area contributed by atoms with Gasteiger partial charge in [-0.15, -0.1) is 0 Å². The van der Waals surface area contributed by atoms with Crippen LogP contribution in [0.5, 0.6) is 0 Å². The van der Waals surface area contributed by atoms with E-state index in [1.165, 1.54) is 6.08 Å². The minimum atomic E-state index is -0.249. The first kappa shape index (κ1) is 21.2. The first-order chi connectivity index (χ1) is 16.7. The molecule has 0 bridgehead atoms. The summed E-state index contributed by atoms with van der Waals surface area (Å²) in [5.74, 6) is -0.249. The number of aromatic amines is 1. The van der Waals surface area contributed by atoms with Gasteiger partial charge in [-0.2, -0.15) is 0 Å². The van der Waals surface area contributed by atoms with Gasteiger partial charge in [0.1, 0.15) is 12.0 Å². The van der Waals surface area contributed by atoms with Crippen molar-refractivity contribution in [2.75, 3.05) is 5.32 Å². The lowest BCUT2D eigenvalue weighted by atomic mass is 10.0. The first-order valence-corrected chi connectivity index (χ1v) is 10.9. The highest BCUT2D eigenvalue weighted by Gasteiger charge is 2.14. The number of aryl methyl sites for hydroxylation is 2. The molecule has 0 spiro atoms. The number of hydrogen-bond donors (Lipinski definition) is 2. The van der Waals surface area contributed by atoms with Gasteiger partial charge in [0.25, 0.3) is 0 Å². The molecule has 0 aliphatic rings. The second kappa shape index (κ2) is 9.46. The zero-order valence-corrected chi connectivity index (χ0v) is 18.4. The van der Waals surface area contributed by atoms with Gasteiger partial charge in [0, 0.05) is 52.7 Å². The molecule has 0 aliphatic heterocycles. The minimum absolute atomic E-state index is 0.249. The molecule has 166 valence electrons. The summed E-state index contributed by atoms with van der Waals surface area (Å²) in [7, 11) is 0. The summed E-state index contributed by atoms with van der Waals surface area (Å²) in [6, 6.07) is 15.7. The van der Waals surface area contributed by atoms with Crippen LogP contribution >= 0.6 is 0 Å². The molecule has 0 saturated carbocycles. The molecule has 2 N–H and O–H groups in total. The molecule has 1 amide bonds. The number of aromatic nitrogens is 5. The van der Waals surface area contributed by atoms with Gasteiger partial charge in [0.2, 0.25) is 5.91 Å². The van der Waals surface area contributed by atoms with Gasteiger partial charge in [-0.05, 0) is 60.4 Å². The van der Waals surface area contributed by atoms with Crippen LogP contribution < -0.4 is 5.32 Å². The number of fused-ring (bicyclic) bond motifs is 1. The number of amides is 1. The third kappa shape index (κ3) is 4.45. The van der Waals surface area contributed by atoms with Crippen molar-refractivity contribution in [3.05, 3.63) is 104 Å². The van der Waals surface area contributed by atoms with Crippen molar-refractivity contribution >= 4 is 22.6 Å². The van der Waals surface area contributed by atoms with E-state index < -0.39 is 0 Å². The predicted molar refractivity (Wildman–Crippen MR) is 133 cm³/mol. The van der Waals surface area contributed by atoms with Crippen molar-refractivity contribution < 1.29 is 4.79 Å². The van der Waals surface area contributed by atoms with Crippen LogP contribution in [-0.4, -0.2) is 30.8 Å². The van der Waals surface area contributed by atoms with Crippen LogP contribution in [0, 0.1) is 0 Å². The molecule has 0 radical (unpaired) electrons. The van der Waals surface area contributed by atoms with Crippen LogP contribution in [0.15, 0.2) is 92.3 Å². The number of nitrogens with one attached hydrogen (secondary N) is 2. The highest BCUT2D eigenvalue weighted by Crippen LogP contribution is 2.32. The Balaban J connectivity index is 1.50. The molecule has 7 nitrogen and oxygen atoms in total. The summed E-state index contributed by atoms with van der Waals surface area (Å²) >= 11 is 0. The Hall–Kier alpha value is -4.65. The van der Waals surface area contributed by atoms with Crippen molar-refractivity contribution in [3.63, 3.8) is 0 Å². The van der Waals surface area contributed by atoms with Crippen LogP contribution in [0.4, 0.5) is 5.69 Å². The molecule has 7 heteroatoms. The fourth-order valence-corrected chi connectivity index (χ4v) is 3.92. The van der Waals surface area contributed by atoms with Crippen LogP contribution in [0.25, 0.3) is 33.4 Å². The molecule has 0 saturated heterocycles. The average molecular weight is 447 g/mol. The van der Waals surface area contributed by atoms with Gasteiger partial charge < -0.3 is 10.3 Å². The Morgan fingerprint density at radius 1 is 1.00 bits per heavy atom. The van der Waals surface area contributed by atoms with Crippen LogP contribution in [0.3, 0.4) is 0 Å². The van der Waals surface area contributed by atoms with E-state index in [4.69, 9.17) is 0 Å². The number of carbonyl (C=O) groups is 1. The van der Waals surface area contributed by atoms with E-state index >= 15 is 0 Å². The maximum atomic E-state index is 11.7. The van der Waals surface area contributed by atoms with Crippen molar-refractivity contribution in [2.45, 2.75) is 12.8 Å². The largest absolute Gasteiger partial charge is 0.345 e. The second-order valence-electron chi connectivity index (χ2n) is 7.81. The Labute approximate surface area is 196 Å². The van der Waals surface area contributed by atoms with Gasteiger partial charge in [-0.1, -0.05) is 24.8 Å². The maximum Gasteiger partial charge on any atom is 0.247 e. The number of carbonyl (C=O) groups excluding carboxylic acids is 1. The average Bonchev–Trinajstić information content (AvgIpc) is 3.31. The summed E-state index contributed by atoms with van der Waals surface area (Å²) in [6.45, 7) is 3.50. The van der Waals surface area contributed by atoms with Gasteiger partial charge in [-0.25, -0.2) is 15.0 Å². The summed E-state index contributed by atoms with van der Waals surface area (Å²) < 4.78 is 0. The lowest BCUT2D eigenvalue weighted by molar-refractivity contribution is -0.111. The van der Waals surface area contributed by atoms with E-state index in [1.54, 1.807) is 6.33 Å². The molecule has 0 aliphatic carbocycles. The number of H-pyrrole nitrogens is 1. The zero-order chi connectivity index (χ0) is 23.3. The van der Waals surface area contributed by atoms with Crippen molar-refractivity contribution in [2.24, 2.45) is 0 Å². The maximum absolute atomic E-state index is 11.7. The zero-order valence-electron chi connectivity index (χ0n) is 18.4. The second-order valence-corrected chi connectivity index (χ2v) is 7.81. The third-order valence-corrected chi connectivity index (χ3v) is 5.60. The minimum Gasteiger partial charge on any atom is -0.345 e. The third-order valence-electron chi connectivity index (χ3n) is 5.60. The fourth-order valence-electron chi connectivity index (χ4n) is 3.92. The van der Waals surface area contributed by atoms with E-state index in [1.807, 2.05) is 67.3 Å². The monoisotopic (exact) mass is 446 g/mol. The number of anilines is 1. The molecule has 4 aromatic heterocycles. The number of rotatable bonds is 7. The summed E-state index contributed by atoms with van der Waals surface area (Å²) in [5.41, 5.74) is 7.29. The molecule has 5 rings (SSSR count). The highest BCUT2D eigenvalue weighted by atomic mass is 16.1. The molecular weight excluding hydrogens is 424 g/mol. The molecule has 4 heterocycles. The Morgan fingerprint density at radius 2 is 1.94 bits per heavy atom. The summed E-state index contributed by atoms with van der Waals surface area (Å²) in [6.07, 6.45) is 11.8. The van der Waals surface area contributed by atoms with E-state index in [0.717, 1.165) is 57.5 Å². The van der Waals surface area contributed by atoms with Crippen molar-refractivity contribution in [1.82, 2.24) is 24.9 Å². The van der Waals surface area contributed by atoms with Crippen LogP contribution in [-0.2, 0) is 17.6 Å². The smallest absolute Gasteiger partial charge is 0.247 e. The Morgan fingerprint density at radius 3 is 2.79 bits per heavy atom. The Bertz CT molecular complexity index is 1480. The lowest BCUT2D eigenvalue weighted by Crippen LogP contribution is -2.06. The number of nitrogens with zero attached hydrogens (tertiary/aromatic N) is 4. The molecule has 0 atom stereocenters. The number of pyridine rings is 2. The highest BCUT2D eigenvalue weighted by molar-refractivity contribution is 5.99. The summed E-state index contributed by atoms with van der Waals surface area (Å²) in [4.78, 5) is 32.8. The quantitative estimate of drug-likeness (QED) is 0.343. The summed E-state index contributed by atoms with van der Waals surface area (Å²) in [5, 5.41) is 3.77.